The molecule has 6 heteroatoms. The summed E-state index contributed by atoms with van der Waals surface area (Å²) in [5, 5.41) is 9.81. The van der Waals surface area contributed by atoms with Crippen molar-refractivity contribution in [2.45, 2.75) is 38.5 Å². The van der Waals surface area contributed by atoms with Gasteiger partial charge in [-0.3, -0.25) is 4.79 Å². The zero-order valence-electron chi connectivity index (χ0n) is 15.3. The van der Waals surface area contributed by atoms with E-state index in [9.17, 15) is 14.7 Å². The van der Waals surface area contributed by atoms with Crippen LogP contribution in [0.1, 0.15) is 54.4 Å². The molecule has 2 aliphatic carbocycles. The van der Waals surface area contributed by atoms with Gasteiger partial charge in [-0.2, -0.15) is 4.98 Å². The number of nitrogen functional groups attached to an aromatic ring is 1. The lowest BCUT2D eigenvalue weighted by Crippen LogP contribution is -2.30. The van der Waals surface area contributed by atoms with Gasteiger partial charge >= 0.3 is 5.97 Å². The maximum Gasteiger partial charge on any atom is 0.339 e. The summed E-state index contributed by atoms with van der Waals surface area (Å²) in [5.41, 5.74) is 8.47. The molecule has 5 rings (SSSR count). The van der Waals surface area contributed by atoms with Crippen LogP contribution in [0.3, 0.4) is 0 Å². The quantitative estimate of drug-likeness (QED) is 0.644. The number of fused-ring (bicyclic) bond motifs is 2. The minimum Gasteiger partial charge on any atom is -0.478 e. The molecule has 0 radical (unpaired) electrons. The van der Waals surface area contributed by atoms with Gasteiger partial charge in [-0.25, -0.2) is 4.79 Å². The predicted molar refractivity (Wildman–Crippen MR) is 107 cm³/mol. The van der Waals surface area contributed by atoms with Crippen LogP contribution in [0.4, 0.5) is 5.82 Å². The standard InChI is InChI=1S/C22H20N2O4/c23-19-16(21(26)27)11-15-18(25)14-10-13(2-3-17(14)28-20(15)24-19)12-4-8-22(9-5-12)6-1-7-22/h2-4,10-11H,1,5-9H2,(H2,23,24)(H,26,27). The third kappa shape index (κ3) is 2.52. The smallest absolute Gasteiger partial charge is 0.339 e. The molecule has 2 heterocycles. The van der Waals surface area contributed by atoms with Gasteiger partial charge in [0.2, 0.25) is 11.1 Å². The second kappa shape index (κ2) is 5.92. The van der Waals surface area contributed by atoms with Crippen LogP contribution in [0.5, 0.6) is 0 Å². The lowest BCUT2D eigenvalue weighted by molar-refractivity contribution is 0.0698. The van der Waals surface area contributed by atoms with E-state index >= 15 is 0 Å². The molecule has 0 atom stereocenters. The lowest BCUT2D eigenvalue weighted by atomic mass is 9.61. The monoisotopic (exact) mass is 376 g/mol. The molecule has 1 spiro atoms. The van der Waals surface area contributed by atoms with Gasteiger partial charge in [0.25, 0.3) is 0 Å². The fourth-order valence-electron chi connectivity index (χ4n) is 4.50. The number of benzene rings is 1. The summed E-state index contributed by atoms with van der Waals surface area (Å²) in [5.74, 6) is -1.39. The highest BCUT2D eigenvalue weighted by Gasteiger charge is 2.37. The van der Waals surface area contributed by atoms with Gasteiger partial charge in [-0.15, -0.1) is 0 Å². The molecular weight excluding hydrogens is 356 g/mol. The van der Waals surface area contributed by atoms with E-state index in [2.05, 4.69) is 11.1 Å². The van der Waals surface area contributed by atoms with E-state index in [4.69, 9.17) is 10.2 Å². The van der Waals surface area contributed by atoms with E-state index in [1.165, 1.54) is 37.3 Å². The van der Waals surface area contributed by atoms with Crippen LogP contribution in [0.2, 0.25) is 0 Å². The molecule has 2 aliphatic rings. The molecule has 2 aromatic heterocycles. The minimum absolute atomic E-state index is 0.0524. The van der Waals surface area contributed by atoms with Gasteiger partial charge in [0.1, 0.15) is 17.0 Å². The molecule has 0 bridgehead atoms. The van der Waals surface area contributed by atoms with E-state index in [1.54, 1.807) is 6.07 Å². The fourth-order valence-corrected chi connectivity index (χ4v) is 4.50. The van der Waals surface area contributed by atoms with Gasteiger partial charge in [0, 0.05) is 0 Å². The maximum absolute atomic E-state index is 13.0. The number of nitrogens with two attached hydrogens (primary N) is 1. The molecule has 0 unspecified atom stereocenters. The van der Waals surface area contributed by atoms with Gasteiger partial charge < -0.3 is 15.3 Å². The summed E-state index contributed by atoms with van der Waals surface area (Å²) in [7, 11) is 0. The first kappa shape index (κ1) is 17.0. The summed E-state index contributed by atoms with van der Waals surface area (Å²) in [6.07, 6.45) is 9.64. The van der Waals surface area contributed by atoms with E-state index in [0.717, 1.165) is 18.4 Å². The molecule has 0 aliphatic heterocycles. The molecular formula is C22H20N2O4. The number of aromatic carboxylic acids is 1. The zero-order chi connectivity index (χ0) is 19.5. The highest BCUT2D eigenvalue weighted by molar-refractivity contribution is 5.98. The van der Waals surface area contributed by atoms with Crippen molar-refractivity contribution in [2.75, 3.05) is 5.73 Å². The number of carboxylic acid groups (broad SMARTS) is 1. The van der Waals surface area contributed by atoms with Crippen molar-refractivity contribution in [2.24, 2.45) is 5.41 Å². The molecule has 6 nitrogen and oxygen atoms in total. The van der Waals surface area contributed by atoms with Gasteiger partial charge in [-0.05, 0) is 66.9 Å². The van der Waals surface area contributed by atoms with Crippen LogP contribution in [0.25, 0.3) is 27.6 Å². The van der Waals surface area contributed by atoms with Crippen LogP contribution in [0.15, 0.2) is 39.6 Å². The Bertz CT molecular complexity index is 1230. The highest BCUT2D eigenvalue weighted by atomic mass is 16.4. The molecule has 1 aromatic carbocycles. The van der Waals surface area contributed by atoms with E-state index in [0.29, 0.717) is 16.4 Å². The predicted octanol–water partition coefficient (Wildman–Crippen LogP) is 4.36. The Hall–Kier alpha value is -3.15. The number of allylic oxidation sites excluding steroid dienone is 2. The Morgan fingerprint density at radius 1 is 1.18 bits per heavy atom. The number of pyridine rings is 1. The Morgan fingerprint density at radius 2 is 2.00 bits per heavy atom. The summed E-state index contributed by atoms with van der Waals surface area (Å²) in [4.78, 5) is 28.3. The minimum atomic E-state index is -1.22. The van der Waals surface area contributed by atoms with E-state index in [1.807, 2.05) is 12.1 Å². The first-order valence-electron chi connectivity index (χ1n) is 9.56. The average Bonchev–Trinajstić information content (AvgIpc) is 2.66. The Labute approximate surface area is 160 Å². The normalized spacial score (nSPS) is 18.2. The first-order valence-corrected chi connectivity index (χ1v) is 9.56. The third-order valence-corrected chi connectivity index (χ3v) is 6.41. The third-order valence-electron chi connectivity index (χ3n) is 6.41. The van der Waals surface area contributed by atoms with Crippen LogP contribution in [-0.4, -0.2) is 16.1 Å². The number of hydrogen-bond donors (Lipinski definition) is 2. The van der Waals surface area contributed by atoms with Crippen molar-refractivity contribution in [3.05, 3.63) is 51.7 Å². The number of anilines is 1. The van der Waals surface area contributed by atoms with Crippen LogP contribution in [0, 0.1) is 5.41 Å². The number of rotatable bonds is 2. The molecule has 0 amide bonds. The molecule has 1 saturated carbocycles. The van der Waals surface area contributed by atoms with Gasteiger partial charge in [0.15, 0.2) is 0 Å². The van der Waals surface area contributed by atoms with E-state index in [-0.39, 0.29) is 27.9 Å². The molecule has 1 fully saturated rings. The van der Waals surface area contributed by atoms with Crippen molar-refractivity contribution < 1.29 is 14.3 Å². The van der Waals surface area contributed by atoms with Crippen molar-refractivity contribution >= 4 is 39.4 Å². The van der Waals surface area contributed by atoms with Crippen molar-refractivity contribution in [3.8, 4) is 0 Å². The number of nitrogens with zero attached hydrogens (tertiary/aromatic N) is 1. The second-order valence-corrected chi connectivity index (χ2v) is 8.01. The molecule has 142 valence electrons. The fraction of sp³-hybridized carbons (Fsp3) is 0.318. The largest absolute Gasteiger partial charge is 0.478 e. The van der Waals surface area contributed by atoms with Crippen molar-refractivity contribution in [3.63, 3.8) is 0 Å². The summed E-state index contributed by atoms with van der Waals surface area (Å²) >= 11 is 0. The lowest BCUT2D eigenvalue weighted by Gasteiger charge is -2.44. The van der Waals surface area contributed by atoms with Gasteiger partial charge in [-0.1, -0.05) is 18.6 Å². The maximum atomic E-state index is 13.0. The van der Waals surface area contributed by atoms with Crippen molar-refractivity contribution in [1.82, 2.24) is 4.98 Å². The first-order chi connectivity index (χ1) is 13.5. The molecule has 3 aromatic rings. The number of hydrogen-bond acceptors (Lipinski definition) is 5. The van der Waals surface area contributed by atoms with Crippen LogP contribution in [-0.2, 0) is 0 Å². The molecule has 28 heavy (non-hydrogen) atoms. The summed E-state index contributed by atoms with van der Waals surface area (Å²) in [6, 6.07) is 6.85. The van der Waals surface area contributed by atoms with Crippen LogP contribution < -0.4 is 11.2 Å². The Morgan fingerprint density at radius 3 is 2.64 bits per heavy atom. The Balaban J connectivity index is 1.64. The number of aromatic nitrogens is 1. The van der Waals surface area contributed by atoms with E-state index < -0.39 is 5.97 Å². The molecule has 0 saturated heterocycles. The molecule has 3 N–H and O–H groups in total. The van der Waals surface area contributed by atoms with Gasteiger partial charge in [0.05, 0.1) is 10.8 Å². The highest BCUT2D eigenvalue weighted by Crippen LogP contribution is 2.52. The van der Waals surface area contributed by atoms with Crippen molar-refractivity contribution in [1.29, 1.82) is 0 Å². The number of carbonyl (C=O) groups is 1. The second-order valence-electron chi connectivity index (χ2n) is 8.01. The summed E-state index contributed by atoms with van der Waals surface area (Å²) < 4.78 is 5.74. The zero-order valence-corrected chi connectivity index (χ0v) is 15.3. The average molecular weight is 376 g/mol. The summed E-state index contributed by atoms with van der Waals surface area (Å²) in [6.45, 7) is 0. The number of carboxylic acids is 1. The Kier molecular flexibility index (Phi) is 3.59. The SMILES string of the molecule is Nc1nc2oc3ccc(C4=CCC5(CCC5)CC4)cc3c(=O)c2cc1C(=O)O. The van der Waals surface area contributed by atoms with Crippen LogP contribution >= 0.6 is 0 Å². The topological polar surface area (TPSA) is 106 Å².